The van der Waals surface area contributed by atoms with Gasteiger partial charge in [-0.15, -0.1) is 0 Å². The van der Waals surface area contributed by atoms with Crippen LogP contribution < -0.4 is 33.7 Å². The zero-order chi connectivity index (χ0) is 12.4. The summed E-state index contributed by atoms with van der Waals surface area (Å²) in [5.41, 5.74) is 24.0. The van der Waals surface area contributed by atoms with E-state index in [0.717, 1.165) is 0 Å². The van der Waals surface area contributed by atoms with E-state index in [4.69, 9.17) is 33.8 Å². The van der Waals surface area contributed by atoms with Gasteiger partial charge in [-0.05, 0) is 0 Å². The number of anilines is 3. The summed E-state index contributed by atoms with van der Waals surface area (Å²) in [5.74, 6) is 0.406. The fourth-order valence-corrected chi connectivity index (χ4v) is 0.459. The SMILES string of the molecule is NC(N)=O.Nc1nc(N)[nH+]c(N)n1.[C-]#N. The van der Waals surface area contributed by atoms with Crippen molar-refractivity contribution in [3.8, 4) is 0 Å². The van der Waals surface area contributed by atoms with E-state index < -0.39 is 6.03 Å². The summed E-state index contributed by atoms with van der Waals surface area (Å²) >= 11 is 0. The summed E-state index contributed by atoms with van der Waals surface area (Å²) in [5, 5.41) is 6.25. The number of nitrogens with zero attached hydrogens (tertiary/aromatic N) is 3. The number of carbonyl (C=O) groups excluding carboxylic acids is 1. The van der Waals surface area contributed by atoms with Crippen LogP contribution in [-0.2, 0) is 0 Å². The molecule has 11 N–H and O–H groups in total. The van der Waals surface area contributed by atoms with Crippen molar-refractivity contribution >= 4 is 23.9 Å². The van der Waals surface area contributed by atoms with E-state index in [2.05, 4.69) is 26.4 Å². The number of amides is 2. The van der Waals surface area contributed by atoms with Gasteiger partial charge < -0.3 is 40.5 Å². The van der Waals surface area contributed by atoms with Gasteiger partial charge in [0, 0.05) is 0 Å². The molecule has 0 unspecified atom stereocenters. The van der Waals surface area contributed by atoms with E-state index in [1.807, 2.05) is 0 Å². The molecule has 0 aromatic carbocycles. The lowest BCUT2D eigenvalue weighted by Crippen LogP contribution is -2.20. The van der Waals surface area contributed by atoms with Crippen molar-refractivity contribution in [1.82, 2.24) is 9.97 Å². The predicted octanol–water partition coefficient (Wildman–Crippen LogP) is -2.84. The molecule has 1 aromatic rings. The Morgan fingerprint density at radius 3 is 1.60 bits per heavy atom. The number of aromatic nitrogens is 3. The number of nitrogen functional groups attached to an aromatic ring is 3. The number of hydrogen-bond donors (Lipinski definition) is 5. The Morgan fingerprint density at radius 1 is 1.13 bits per heavy atom. The van der Waals surface area contributed by atoms with Gasteiger partial charge in [-0.25, -0.2) is 9.78 Å². The van der Waals surface area contributed by atoms with Crippen LogP contribution in [0.3, 0.4) is 0 Å². The molecule has 0 fully saturated rings. The molecule has 0 radical (unpaired) electrons. The average molecular weight is 213 g/mol. The molecule has 0 aliphatic heterocycles. The number of hydrogen-bond acceptors (Lipinski definition) is 7. The van der Waals surface area contributed by atoms with Gasteiger partial charge >= 0.3 is 23.9 Å². The van der Waals surface area contributed by atoms with Crippen molar-refractivity contribution < 1.29 is 9.78 Å². The molecule has 1 heterocycles. The zero-order valence-corrected chi connectivity index (χ0v) is 7.64. The second kappa shape index (κ2) is 7.80. The highest BCUT2D eigenvalue weighted by Crippen LogP contribution is 1.91. The molecule has 2 amide bonds. The standard InChI is InChI=1S/C3H6N6.CH4N2O.CN/c4-1-7-2(5)9-3(6)8-1;2-1(3)4;1-2/h(H6,4,5,6,7,8,9);(H4,2,3,4);/q;;-1/p+1. The summed E-state index contributed by atoms with van der Waals surface area (Å²) in [6, 6.07) is -0.833. The summed E-state index contributed by atoms with van der Waals surface area (Å²) in [6.45, 7) is 4.75. The third-order valence-corrected chi connectivity index (χ3v) is 0.726. The summed E-state index contributed by atoms with van der Waals surface area (Å²) in [6.07, 6.45) is 0. The van der Waals surface area contributed by atoms with E-state index in [1.165, 1.54) is 0 Å². The molecule has 1 aromatic heterocycles. The normalized spacial score (nSPS) is 7.33. The van der Waals surface area contributed by atoms with E-state index in [-0.39, 0.29) is 17.8 Å². The quantitative estimate of drug-likeness (QED) is 0.284. The second-order valence-corrected chi connectivity index (χ2v) is 1.88. The maximum Gasteiger partial charge on any atom is 0.320 e. The van der Waals surface area contributed by atoms with Crippen molar-refractivity contribution in [3.05, 3.63) is 6.57 Å². The number of primary amides is 2. The molecule has 10 nitrogen and oxygen atoms in total. The van der Waals surface area contributed by atoms with Crippen LogP contribution in [0.1, 0.15) is 0 Å². The Morgan fingerprint density at radius 2 is 1.40 bits per heavy atom. The van der Waals surface area contributed by atoms with E-state index in [0.29, 0.717) is 0 Å². The van der Waals surface area contributed by atoms with Gasteiger partial charge in [-0.1, -0.05) is 9.97 Å². The molecule has 0 saturated carbocycles. The molecular formula is C5H11N9O. The van der Waals surface area contributed by atoms with Crippen LogP contribution in [0.5, 0.6) is 0 Å². The third-order valence-electron chi connectivity index (χ3n) is 0.726. The van der Waals surface area contributed by atoms with Gasteiger partial charge in [0.2, 0.25) is 0 Å². The molecule has 0 bridgehead atoms. The van der Waals surface area contributed by atoms with Crippen LogP contribution in [0.15, 0.2) is 0 Å². The van der Waals surface area contributed by atoms with Crippen molar-refractivity contribution in [1.29, 1.82) is 5.26 Å². The highest BCUT2D eigenvalue weighted by Gasteiger charge is 2.01. The largest absolute Gasteiger partial charge is 0.512 e. The number of rotatable bonds is 0. The molecule has 0 aliphatic rings. The first-order chi connectivity index (χ1) is 6.91. The molecule has 1 rings (SSSR count). The summed E-state index contributed by atoms with van der Waals surface area (Å²) in [7, 11) is 0. The fraction of sp³-hybridized carbons (Fsp3) is 0. The number of carbonyl (C=O) groups is 1. The second-order valence-electron chi connectivity index (χ2n) is 1.88. The van der Waals surface area contributed by atoms with E-state index in [1.54, 1.807) is 0 Å². The van der Waals surface area contributed by atoms with Gasteiger partial charge in [0.05, 0.1) is 0 Å². The van der Waals surface area contributed by atoms with Crippen molar-refractivity contribution in [3.63, 3.8) is 0 Å². The molecule has 0 saturated heterocycles. The van der Waals surface area contributed by atoms with Gasteiger partial charge in [-0.3, -0.25) is 0 Å². The Hall–Kier alpha value is -2.83. The fourth-order valence-electron chi connectivity index (χ4n) is 0.459. The van der Waals surface area contributed by atoms with E-state index in [9.17, 15) is 0 Å². The van der Waals surface area contributed by atoms with Crippen molar-refractivity contribution in [2.75, 3.05) is 17.2 Å². The number of nitrogens with one attached hydrogen (secondary N) is 1. The van der Waals surface area contributed by atoms with Crippen LogP contribution in [0.25, 0.3) is 0 Å². The van der Waals surface area contributed by atoms with Gasteiger partial charge in [-0.2, -0.15) is 0 Å². The first-order valence-corrected chi connectivity index (χ1v) is 3.27. The van der Waals surface area contributed by atoms with Crippen LogP contribution in [0.2, 0.25) is 0 Å². The number of urea groups is 1. The molecule has 15 heavy (non-hydrogen) atoms. The van der Waals surface area contributed by atoms with Crippen LogP contribution >= 0.6 is 0 Å². The molecule has 10 heteroatoms. The molecule has 0 spiro atoms. The molecule has 0 atom stereocenters. The number of nitrogens with two attached hydrogens (primary N) is 5. The molecule has 0 aliphatic carbocycles. The first-order valence-electron chi connectivity index (χ1n) is 3.27. The minimum Gasteiger partial charge on any atom is -0.512 e. The monoisotopic (exact) mass is 213 g/mol. The molecule has 82 valence electrons. The highest BCUT2D eigenvalue weighted by molar-refractivity contribution is 5.69. The Bertz CT molecular complexity index is 280. The maximum atomic E-state index is 9.00. The van der Waals surface area contributed by atoms with Crippen molar-refractivity contribution in [2.45, 2.75) is 0 Å². The first kappa shape index (κ1) is 14.7. The van der Waals surface area contributed by atoms with Crippen LogP contribution in [0, 0.1) is 11.8 Å². The summed E-state index contributed by atoms with van der Waals surface area (Å²) in [4.78, 5) is 18.6. The lowest BCUT2D eigenvalue weighted by Gasteiger charge is -1.87. The third kappa shape index (κ3) is 11.2. The highest BCUT2D eigenvalue weighted by atomic mass is 16.2. The van der Waals surface area contributed by atoms with Gasteiger partial charge in [0.15, 0.2) is 0 Å². The zero-order valence-electron chi connectivity index (χ0n) is 7.64. The van der Waals surface area contributed by atoms with Gasteiger partial charge in [0.1, 0.15) is 0 Å². The number of aromatic amines is 1. The van der Waals surface area contributed by atoms with Crippen LogP contribution in [-0.4, -0.2) is 16.0 Å². The van der Waals surface area contributed by atoms with Crippen molar-refractivity contribution in [2.24, 2.45) is 11.5 Å². The molecular weight excluding hydrogens is 202 g/mol. The Labute approximate surface area is 85.1 Å². The topological polar surface area (TPSA) is 211 Å². The smallest absolute Gasteiger partial charge is 0.320 e. The number of H-pyrrole nitrogens is 1. The lowest BCUT2D eigenvalue weighted by atomic mass is 10.9. The lowest BCUT2D eigenvalue weighted by molar-refractivity contribution is -0.350. The minimum absolute atomic E-state index is 0.0729. The van der Waals surface area contributed by atoms with E-state index >= 15 is 0 Å². The summed E-state index contributed by atoms with van der Waals surface area (Å²) < 4.78 is 0. The Kier molecular flexibility index (Phi) is 7.63. The Balaban J connectivity index is 0. The van der Waals surface area contributed by atoms with Crippen LogP contribution in [0.4, 0.5) is 22.6 Å². The average Bonchev–Trinajstić information content (AvgIpc) is 2.03. The minimum atomic E-state index is -0.833. The predicted molar refractivity (Wildman–Crippen MR) is 50.6 cm³/mol. The maximum absolute atomic E-state index is 9.00. The van der Waals surface area contributed by atoms with Gasteiger partial charge in [0.25, 0.3) is 0 Å².